The van der Waals surface area contributed by atoms with Crippen molar-refractivity contribution in [1.82, 2.24) is 5.32 Å². The average molecular weight is 648 g/mol. The number of hydrogen-bond acceptors (Lipinski definition) is 4. The van der Waals surface area contributed by atoms with Gasteiger partial charge in [-0.3, -0.25) is 9.35 Å². The first-order valence-electron chi connectivity index (χ1n) is 17.6. The summed E-state index contributed by atoms with van der Waals surface area (Å²) >= 11 is 0. The lowest BCUT2D eigenvalue weighted by atomic mass is 10.1. The lowest BCUT2D eigenvalue weighted by Crippen LogP contribution is -2.46. The quantitative estimate of drug-likeness (QED) is 0.0409. The fourth-order valence-corrected chi connectivity index (χ4v) is 5.50. The third-order valence-corrected chi connectivity index (χ3v) is 8.17. The van der Waals surface area contributed by atoms with Crippen LogP contribution in [0.5, 0.6) is 0 Å². The highest BCUT2D eigenvalue weighted by molar-refractivity contribution is 7.85. The molecule has 0 radical (unpaired) electrons. The van der Waals surface area contributed by atoms with Gasteiger partial charge in [0.15, 0.2) is 0 Å². The summed E-state index contributed by atoms with van der Waals surface area (Å²) in [6.07, 6.45) is 44.8. The second kappa shape index (κ2) is 31.7. The molecule has 0 aliphatic carbocycles. The van der Waals surface area contributed by atoms with Crippen LogP contribution in [0.25, 0.3) is 0 Å². The standard InChI is InChI=1S/C38H65NO5S/c1-3-5-7-9-11-12-13-14-15-16-17-18-19-20-21-22-23-24-25-26-28-30-32-34-38(41)39-36(35-45(42,43)44)37(40)33-31-29-27-10-8-6-4-2/h5,7,11-12,14-15,17-18,20-21,31,33,36-37,40H,3-4,6,8-10,13,16,19,22-30,32,34-35H2,1-2H3,(H,39,41)(H,42,43,44)/b7-5-,12-11-,15-14-,18-17-,21-20-,33-31+. The van der Waals surface area contributed by atoms with E-state index in [9.17, 15) is 22.9 Å². The van der Waals surface area contributed by atoms with Gasteiger partial charge in [-0.15, -0.1) is 0 Å². The highest BCUT2D eigenvalue weighted by Crippen LogP contribution is 2.11. The zero-order valence-electron chi connectivity index (χ0n) is 28.5. The largest absolute Gasteiger partial charge is 0.387 e. The van der Waals surface area contributed by atoms with E-state index in [2.05, 4.69) is 79.9 Å². The van der Waals surface area contributed by atoms with Crippen LogP contribution in [0.15, 0.2) is 72.9 Å². The first-order valence-corrected chi connectivity index (χ1v) is 19.2. The molecule has 0 saturated heterocycles. The Labute approximate surface area is 276 Å². The van der Waals surface area contributed by atoms with Crippen molar-refractivity contribution in [2.24, 2.45) is 0 Å². The van der Waals surface area contributed by atoms with Crippen LogP contribution in [0, 0.1) is 0 Å². The van der Waals surface area contributed by atoms with E-state index >= 15 is 0 Å². The Morgan fingerprint density at radius 2 is 1.07 bits per heavy atom. The fourth-order valence-electron chi connectivity index (χ4n) is 4.77. The van der Waals surface area contributed by atoms with Gasteiger partial charge in [-0.1, -0.05) is 145 Å². The summed E-state index contributed by atoms with van der Waals surface area (Å²) in [5.74, 6) is -1.01. The number of carbonyl (C=O) groups is 1. The molecule has 0 aromatic carbocycles. The topological polar surface area (TPSA) is 104 Å². The van der Waals surface area contributed by atoms with Crippen LogP contribution in [-0.4, -0.2) is 41.9 Å². The maximum atomic E-state index is 12.4. The predicted molar refractivity (Wildman–Crippen MR) is 193 cm³/mol. The SMILES string of the molecule is CC/C=C\C/C=C\C/C=C\C/C=C\C/C=C\CCCCCCCCCC(=O)NC(CS(=O)(=O)O)C(O)/C=C/CCCCCCC. The molecule has 3 N–H and O–H groups in total. The lowest BCUT2D eigenvalue weighted by Gasteiger charge is -2.21. The van der Waals surface area contributed by atoms with E-state index in [1.807, 2.05) is 6.08 Å². The third kappa shape index (κ3) is 33.0. The smallest absolute Gasteiger partial charge is 0.267 e. The van der Waals surface area contributed by atoms with E-state index in [-0.39, 0.29) is 12.3 Å². The van der Waals surface area contributed by atoms with Gasteiger partial charge in [0.1, 0.15) is 0 Å². The van der Waals surface area contributed by atoms with E-state index in [4.69, 9.17) is 0 Å². The number of rotatable bonds is 30. The van der Waals surface area contributed by atoms with Gasteiger partial charge in [-0.25, -0.2) is 0 Å². The van der Waals surface area contributed by atoms with Crippen molar-refractivity contribution >= 4 is 16.0 Å². The minimum absolute atomic E-state index is 0.278. The molecule has 1 amide bonds. The zero-order chi connectivity index (χ0) is 33.3. The van der Waals surface area contributed by atoms with Gasteiger partial charge in [-0.2, -0.15) is 8.42 Å². The number of nitrogens with one attached hydrogen (secondary N) is 1. The van der Waals surface area contributed by atoms with Crippen LogP contribution >= 0.6 is 0 Å². The van der Waals surface area contributed by atoms with Crippen LogP contribution in [0.4, 0.5) is 0 Å². The molecule has 0 aromatic heterocycles. The Kier molecular flexibility index (Phi) is 30.2. The van der Waals surface area contributed by atoms with Gasteiger partial charge in [0.05, 0.1) is 17.9 Å². The second-order valence-corrected chi connectivity index (χ2v) is 13.3. The molecule has 0 bridgehead atoms. The summed E-state index contributed by atoms with van der Waals surface area (Å²) in [4.78, 5) is 12.4. The van der Waals surface area contributed by atoms with E-state index in [1.54, 1.807) is 0 Å². The number of carbonyl (C=O) groups excluding carboxylic acids is 1. The molecule has 0 aliphatic rings. The van der Waals surface area contributed by atoms with Gasteiger partial charge in [0.25, 0.3) is 10.1 Å². The van der Waals surface area contributed by atoms with Crippen molar-refractivity contribution in [3.05, 3.63) is 72.9 Å². The molecule has 7 heteroatoms. The Morgan fingerprint density at radius 3 is 1.58 bits per heavy atom. The third-order valence-electron chi connectivity index (χ3n) is 7.39. The van der Waals surface area contributed by atoms with E-state index < -0.39 is 28.0 Å². The molecule has 0 aliphatic heterocycles. The molecule has 6 nitrogen and oxygen atoms in total. The summed E-state index contributed by atoms with van der Waals surface area (Å²) in [7, 11) is -4.34. The molecule has 0 saturated carbocycles. The first kappa shape index (κ1) is 42.8. The monoisotopic (exact) mass is 647 g/mol. The molecule has 258 valence electrons. The summed E-state index contributed by atoms with van der Waals surface area (Å²) in [6.45, 7) is 4.31. The summed E-state index contributed by atoms with van der Waals surface area (Å²) in [5.41, 5.74) is 0. The van der Waals surface area contributed by atoms with Crippen LogP contribution in [0.1, 0.15) is 142 Å². The van der Waals surface area contributed by atoms with Gasteiger partial charge in [0.2, 0.25) is 5.91 Å². The molecule has 0 rings (SSSR count). The Hall–Kier alpha value is -2.22. The molecule has 2 atom stereocenters. The molecule has 0 spiro atoms. The van der Waals surface area contributed by atoms with E-state index in [0.29, 0.717) is 6.42 Å². The minimum atomic E-state index is -4.34. The minimum Gasteiger partial charge on any atom is -0.387 e. The summed E-state index contributed by atoms with van der Waals surface area (Å²) in [5, 5.41) is 13.0. The highest BCUT2D eigenvalue weighted by Gasteiger charge is 2.24. The number of allylic oxidation sites excluding steroid dienone is 11. The zero-order valence-corrected chi connectivity index (χ0v) is 29.3. The van der Waals surface area contributed by atoms with Crippen molar-refractivity contribution in [3.63, 3.8) is 0 Å². The molecule has 0 fully saturated rings. The normalized spacial score (nSPS) is 14.3. The van der Waals surface area contributed by atoms with Crippen molar-refractivity contribution in [2.45, 2.75) is 154 Å². The summed E-state index contributed by atoms with van der Waals surface area (Å²) in [6, 6.07) is -1.06. The Morgan fingerprint density at radius 1 is 0.622 bits per heavy atom. The summed E-state index contributed by atoms with van der Waals surface area (Å²) < 4.78 is 32.1. The van der Waals surface area contributed by atoms with Crippen molar-refractivity contribution in [3.8, 4) is 0 Å². The van der Waals surface area contributed by atoms with Gasteiger partial charge in [0, 0.05) is 6.42 Å². The number of amides is 1. The van der Waals surface area contributed by atoms with E-state index in [0.717, 1.165) is 77.0 Å². The number of aliphatic hydroxyl groups excluding tert-OH is 1. The van der Waals surface area contributed by atoms with Crippen molar-refractivity contribution in [1.29, 1.82) is 0 Å². The second-order valence-electron chi connectivity index (χ2n) is 11.8. The van der Waals surface area contributed by atoms with Crippen LogP contribution in [-0.2, 0) is 14.9 Å². The Balaban J connectivity index is 3.91. The molecule has 2 unspecified atom stereocenters. The van der Waals surface area contributed by atoms with Gasteiger partial charge >= 0.3 is 0 Å². The number of unbranched alkanes of at least 4 members (excludes halogenated alkanes) is 12. The molecule has 0 heterocycles. The first-order chi connectivity index (χ1) is 21.8. The van der Waals surface area contributed by atoms with Crippen molar-refractivity contribution in [2.75, 3.05) is 5.75 Å². The van der Waals surface area contributed by atoms with Crippen molar-refractivity contribution < 1.29 is 22.9 Å². The van der Waals surface area contributed by atoms with Crippen LogP contribution in [0.3, 0.4) is 0 Å². The predicted octanol–water partition coefficient (Wildman–Crippen LogP) is 9.90. The number of hydrogen-bond donors (Lipinski definition) is 3. The van der Waals surface area contributed by atoms with Crippen LogP contribution in [0.2, 0.25) is 0 Å². The maximum absolute atomic E-state index is 12.4. The molecular weight excluding hydrogens is 582 g/mol. The fraction of sp³-hybridized carbons (Fsp3) is 0.658. The average Bonchev–Trinajstić information content (AvgIpc) is 3.00. The maximum Gasteiger partial charge on any atom is 0.267 e. The Bertz CT molecular complexity index is 978. The van der Waals surface area contributed by atoms with Crippen LogP contribution < -0.4 is 5.32 Å². The molecular formula is C38H65NO5S. The van der Waals surface area contributed by atoms with E-state index in [1.165, 1.54) is 44.6 Å². The molecule has 0 aromatic rings. The molecule has 45 heavy (non-hydrogen) atoms. The highest BCUT2D eigenvalue weighted by atomic mass is 32.2. The van der Waals surface area contributed by atoms with Gasteiger partial charge < -0.3 is 10.4 Å². The number of aliphatic hydroxyl groups is 1. The van der Waals surface area contributed by atoms with Gasteiger partial charge in [-0.05, 0) is 64.2 Å². The lowest BCUT2D eigenvalue weighted by molar-refractivity contribution is -0.122.